The minimum atomic E-state index is -0.178. The molecule has 1 aliphatic heterocycles. The van der Waals surface area contributed by atoms with Gasteiger partial charge in [-0.25, -0.2) is 0 Å². The number of methoxy groups -OCH3 is 1. The summed E-state index contributed by atoms with van der Waals surface area (Å²) in [5.74, 6) is 1.59. The van der Waals surface area contributed by atoms with Gasteiger partial charge in [0.1, 0.15) is 5.75 Å². The summed E-state index contributed by atoms with van der Waals surface area (Å²) < 4.78 is 5.54. The topological polar surface area (TPSA) is 50.9 Å². The summed E-state index contributed by atoms with van der Waals surface area (Å²) in [7, 11) is 1.72. The predicted octanol–water partition coefficient (Wildman–Crippen LogP) is 2.01. The van der Waals surface area contributed by atoms with Crippen LogP contribution in [0.1, 0.15) is 30.9 Å². The Hall–Kier alpha value is -1.71. The van der Waals surface area contributed by atoms with E-state index >= 15 is 0 Å². The van der Waals surface area contributed by atoms with E-state index in [1.54, 1.807) is 7.11 Å². The highest BCUT2D eigenvalue weighted by atomic mass is 16.5. The summed E-state index contributed by atoms with van der Waals surface area (Å²) in [6.45, 7) is 5.02. The van der Waals surface area contributed by atoms with E-state index in [2.05, 4.69) is 35.9 Å². The van der Waals surface area contributed by atoms with Crippen molar-refractivity contribution in [2.45, 2.75) is 38.3 Å². The van der Waals surface area contributed by atoms with Crippen molar-refractivity contribution in [1.82, 2.24) is 4.90 Å². The van der Waals surface area contributed by atoms with Crippen LogP contribution in [-0.4, -0.2) is 30.6 Å². The van der Waals surface area contributed by atoms with Gasteiger partial charge in [-0.05, 0) is 38.8 Å². The van der Waals surface area contributed by atoms with Crippen molar-refractivity contribution in [2.24, 2.45) is 10.7 Å². The molecule has 4 heteroatoms. The Morgan fingerprint density at radius 1 is 1.42 bits per heavy atom. The highest BCUT2D eigenvalue weighted by Gasteiger charge is 2.48. The molecular formula is C15H21N3O. The van der Waals surface area contributed by atoms with Gasteiger partial charge < -0.3 is 15.4 Å². The zero-order valence-electron chi connectivity index (χ0n) is 11.8. The van der Waals surface area contributed by atoms with E-state index in [1.807, 2.05) is 6.07 Å². The van der Waals surface area contributed by atoms with Gasteiger partial charge in [-0.3, -0.25) is 4.99 Å². The lowest BCUT2D eigenvalue weighted by molar-refractivity contribution is 0.209. The molecule has 1 aromatic rings. The van der Waals surface area contributed by atoms with Crippen molar-refractivity contribution in [3.63, 3.8) is 0 Å². The summed E-state index contributed by atoms with van der Waals surface area (Å²) >= 11 is 0. The lowest BCUT2D eigenvalue weighted by atomic mass is 9.89. The summed E-state index contributed by atoms with van der Waals surface area (Å²) in [6.07, 6.45) is 2.42. The molecule has 0 aromatic heterocycles. The van der Waals surface area contributed by atoms with Gasteiger partial charge in [-0.2, -0.15) is 0 Å². The van der Waals surface area contributed by atoms with Crippen LogP contribution < -0.4 is 10.5 Å². The molecule has 1 aliphatic carbocycles. The van der Waals surface area contributed by atoms with Crippen LogP contribution in [0.5, 0.6) is 5.75 Å². The van der Waals surface area contributed by atoms with E-state index in [0.29, 0.717) is 18.5 Å². The standard InChI is InChI=1S/C15H21N3O/c1-10-4-7-13(19-3)12(8-10)15(2)9-17-14(16)18(15)11-5-6-11/h4,7-8,11H,5-6,9H2,1-3H3,(H2,16,17). The number of guanidine groups is 1. The molecule has 2 N–H and O–H groups in total. The number of hydrogen-bond donors (Lipinski definition) is 1. The van der Waals surface area contributed by atoms with Crippen molar-refractivity contribution < 1.29 is 4.74 Å². The van der Waals surface area contributed by atoms with E-state index in [1.165, 1.54) is 24.0 Å². The van der Waals surface area contributed by atoms with Crippen LogP contribution in [-0.2, 0) is 5.54 Å². The molecule has 102 valence electrons. The zero-order valence-corrected chi connectivity index (χ0v) is 11.8. The summed E-state index contributed by atoms with van der Waals surface area (Å²) in [5.41, 5.74) is 8.34. The monoisotopic (exact) mass is 259 g/mol. The lowest BCUT2D eigenvalue weighted by Gasteiger charge is -2.37. The fourth-order valence-corrected chi connectivity index (χ4v) is 3.02. The average Bonchev–Trinajstić information content (AvgIpc) is 3.16. The number of rotatable bonds is 3. The molecule has 3 rings (SSSR count). The molecule has 0 bridgehead atoms. The number of aliphatic imine (C=N–C) groups is 1. The van der Waals surface area contributed by atoms with Crippen LogP contribution in [0.15, 0.2) is 23.2 Å². The first-order chi connectivity index (χ1) is 9.06. The first-order valence-electron chi connectivity index (χ1n) is 6.80. The second kappa shape index (κ2) is 4.15. The third-order valence-corrected chi connectivity index (χ3v) is 4.17. The fraction of sp³-hybridized carbons (Fsp3) is 0.533. The normalized spacial score (nSPS) is 26.5. The van der Waals surface area contributed by atoms with Crippen LogP contribution in [0.4, 0.5) is 0 Å². The molecular weight excluding hydrogens is 238 g/mol. The molecule has 0 saturated heterocycles. The maximum atomic E-state index is 6.10. The van der Waals surface area contributed by atoms with Gasteiger partial charge in [0.15, 0.2) is 5.96 Å². The van der Waals surface area contributed by atoms with Crippen molar-refractivity contribution in [3.8, 4) is 5.75 Å². The second-order valence-electron chi connectivity index (χ2n) is 5.75. The average molecular weight is 259 g/mol. The predicted molar refractivity (Wildman–Crippen MR) is 76.4 cm³/mol. The van der Waals surface area contributed by atoms with Gasteiger partial charge in [0.05, 0.1) is 19.2 Å². The highest BCUT2D eigenvalue weighted by Crippen LogP contribution is 2.44. The van der Waals surface area contributed by atoms with E-state index in [4.69, 9.17) is 10.5 Å². The zero-order chi connectivity index (χ0) is 13.6. The number of aryl methyl sites for hydroxylation is 1. The summed E-state index contributed by atoms with van der Waals surface area (Å²) in [4.78, 5) is 6.76. The summed E-state index contributed by atoms with van der Waals surface area (Å²) in [5, 5.41) is 0. The molecule has 0 radical (unpaired) electrons. The van der Waals surface area contributed by atoms with E-state index < -0.39 is 0 Å². The number of hydrogen-bond acceptors (Lipinski definition) is 4. The van der Waals surface area contributed by atoms with Crippen molar-refractivity contribution in [3.05, 3.63) is 29.3 Å². The Morgan fingerprint density at radius 2 is 2.16 bits per heavy atom. The Bertz CT molecular complexity index is 536. The minimum Gasteiger partial charge on any atom is -0.496 e. The smallest absolute Gasteiger partial charge is 0.192 e. The van der Waals surface area contributed by atoms with Crippen LogP contribution in [0.3, 0.4) is 0 Å². The van der Waals surface area contributed by atoms with Gasteiger partial charge in [0.2, 0.25) is 0 Å². The Kier molecular flexibility index (Phi) is 2.69. The van der Waals surface area contributed by atoms with Gasteiger partial charge in [-0.15, -0.1) is 0 Å². The fourth-order valence-electron chi connectivity index (χ4n) is 3.02. The van der Waals surface area contributed by atoms with Gasteiger partial charge in [0, 0.05) is 11.6 Å². The van der Waals surface area contributed by atoms with Crippen molar-refractivity contribution in [2.75, 3.05) is 13.7 Å². The SMILES string of the molecule is COc1ccc(C)cc1C1(C)CN=C(N)N1C1CC1. The molecule has 1 heterocycles. The minimum absolute atomic E-state index is 0.178. The molecule has 1 unspecified atom stereocenters. The lowest BCUT2D eigenvalue weighted by Crippen LogP contribution is -2.48. The molecule has 1 atom stereocenters. The highest BCUT2D eigenvalue weighted by molar-refractivity contribution is 5.82. The first kappa shape index (κ1) is 12.3. The number of nitrogens with zero attached hydrogens (tertiary/aromatic N) is 2. The Labute approximate surface area is 114 Å². The molecule has 1 aromatic carbocycles. The maximum Gasteiger partial charge on any atom is 0.192 e. The Morgan fingerprint density at radius 3 is 2.79 bits per heavy atom. The molecule has 4 nitrogen and oxygen atoms in total. The van der Waals surface area contributed by atoms with E-state index in [0.717, 1.165) is 5.75 Å². The largest absolute Gasteiger partial charge is 0.496 e. The van der Waals surface area contributed by atoms with Crippen molar-refractivity contribution in [1.29, 1.82) is 0 Å². The first-order valence-corrected chi connectivity index (χ1v) is 6.80. The van der Waals surface area contributed by atoms with Crippen LogP contribution in [0, 0.1) is 6.92 Å². The molecule has 19 heavy (non-hydrogen) atoms. The number of benzene rings is 1. The van der Waals surface area contributed by atoms with Gasteiger partial charge in [0.25, 0.3) is 0 Å². The maximum absolute atomic E-state index is 6.10. The van der Waals surface area contributed by atoms with Crippen LogP contribution in [0.25, 0.3) is 0 Å². The third-order valence-electron chi connectivity index (χ3n) is 4.17. The van der Waals surface area contributed by atoms with E-state index in [9.17, 15) is 0 Å². The van der Waals surface area contributed by atoms with Gasteiger partial charge in [-0.1, -0.05) is 11.6 Å². The Balaban J connectivity index is 2.07. The molecule has 1 saturated carbocycles. The van der Waals surface area contributed by atoms with E-state index in [-0.39, 0.29) is 5.54 Å². The van der Waals surface area contributed by atoms with Crippen LogP contribution >= 0.6 is 0 Å². The molecule has 0 spiro atoms. The third kappa shape index (κ3) is 1.86. The second-order valence-corrected chi connectivity index (χ2v) is 5.75. The number of ether oxygens (including phenoxy) is 1. The quantitative estimate of drug-likeness (QED) is 0.903. The molecule has 1 fully saturated rings. The van der Waals surface area contributed by atoms with Gasteiger partial charge >= 0.3 is 0 Å². The molecule has 0 amide bonds. The molecule has 2 aliphatic rings. The number of nitrogens with two attached hydrogens (primary N) is 1. The van der Waals surface area contributed by atoms with Crippen molar-refractivity contribution >= 4 is 5.96 Å². The summed E-state index contributed by atoms with van der Waals surface area (Å²) in [6, 6.07) is 6.85. The van der Waals surface area contributed by atoms with Crippen LogP contribution in [0.2, 0.25) is 0 Å².